The Morgan fingerprint density at radius 2 is 2.15 bits per heavy atom. The molecule has 1 heterocycles. The number of benzene rings is 1. The van der Waals surface area contributed by atoms with Crippen LogP contribution in [0.2, 0.25) is 0 Å². The first kappa shape index (κ1) is 15.4. The van der Waals surface area contributed by atoms with Crippen LogP contribution < -0.4 is 5.73 Å². The lowest BCUT2D eigenvalue weighted by atomic mass is 10.0. The maximum Gasteiger partial charge on any atom is 0.0820 e. The molecule has 1 saturated heterocycles. The lowest BCUT2D eigenvalue weighted by molar-refractivity contribution is 0.0534. The summed E-state index contributed by atoms with van der Waals surface area (Å²) in [7, 11) is 2.01. The zero-order valence-corrected chi connectivity index (χ0v) is 12.2. The summed E-state index contributed by atoms with van der Waals surface area (Å²) in [6.45, 7) is 2.33. The second kappa shape index (κ2) is 7.74. The Morgan fingerprint density at radius 3 is 2.80 bits per heavy atom. The van der Waals surface area contributed by atoms with Crippen LogP contribution in [-0.2, 0) is 11.2 Å². The fourth-order valence-electron chi connectivity index (χ4n) is 2.69. The molecule has 3 atom stereocenters. The molecule has 3 N–H and O–H groups in total. The Bertz CT molecular complexity index is 379. The van der Waals surface area contributed by atoms with Gasteiger partial charge in [0.05, 0.1) is 12.2 Å². The summed E-state index contributed by atoms with van der Waals surface area (Å²) in [5.74, 6) is 0. The van der Waals surface area contributed by atoms with Crippen LogP contribution >= 0.6 is 0 Å². The molecule has 0 amide bonds. The number of aliphatic hydroxyl groups excluding tert-OH is 1. The molecule has 1 aromatic rings. The molecule has 1 aromatic carbocycles. The Morgan fingerprint density at radius 1 is 1.40 bits per heavy atom. The van der Waals surface area contributed by atoms with Gasteiger partial charge in [-0.1, -0.05) is 30.3 Å². The summed E-state index contributed by atoms with van der Waals surface area (Å²) >= 11 is 0. The average Bonchev–Trinajstić information content (AvgIpc) is 2.92. The smallest absolute Gasteiger partial charge is 0.0820 e. The Kier molecular flexibility index (Phi) is 5.98. The number of likely N-dealkylation sites (N-methyl/N-ethyl adjacent to an activating group) is 1. The maximum absolute atomic E-state index is 10.2. The molecule has 1 fully saturated rings. The molecule has 1 aliphatic heterocycles. The zero-order chi connectivity index (χ0) is 14.4. The molecule has 3 unspecified atom stereocenters. The van der Waals surface area contributed by atoms with Crippen molar-refractivity contribution < 1.29 is 9.84 Å². The highest BCUT2D eigenvalue weighted by Crippen LogP contribution is 2.13. The molecular formula is C16H26N2O2. The highest BCUT2D eigenvalue weighted by atomic mass is 16.5. The Labute approximate surface area is 121 Å². The zero-order valence-electron chi connectivity index (χ0n) is 12.2. The molecule has 0 bridgehead atoms. The minimum Gasteiger partial charge on any atom is -0.390 e. The van der Waals surface area contributed by atoms with Gasteiger partial charge in [0.15, 0.2) is 0 Å². The number of ether oxygens (including phenoxy) is 1. The van der Waals surface area contributed by atoms with Crippen LogP contribution in [-0.4, -0.2) is 55.0 Å². The van der Waals surface area contributed by atoms with Gasteiger partial charge in [-0.15, -0.1) is 0 Å². The summed E-state index contributed by atoms with van der Waals surface area (Å²) in [5.41, 5.74) is 7.27. The molecule has 20 heavy (non-hydrogen) atoms. The number of nitrogens with two attached hydrogens (primary N) is 1. The summed E-state index contributed by atoms with van der Waals surface area (Å²) in [5, 5.41) is 10.2. The van der Waals surface area contributed by atoms with Crippen molar-refractivity contribution in [2.75, 3.05) is 26.7 Å². The summed E-state index contributed by atoms with van der Waals surface area (Å²) in [4.78, 5) is 2.12. The molecule has 112 valence electrons. The first-order valence-electron chi connectivity index (χ1n) is 7.43. The predicted octanol–water partition coefficient (Wildman–Crippen LogP) is 1.03. The molecule has 0 aromatic heterocycles. The van der Waals surface area contributed by atoms with Gasteiger partial charge in [0.2, 0.25) is 0 Å². The fourth-order valence-corrected chi connectivity index (χ4v) is 2.69. The van der Waals surface area contributed by atoms with E-state index in [4.69, 9.17) is 10.5 Å². The molecule has 2 rings (SSSR count). The summed E-state index contributed by atoms with van der Waals surface area (Å²) < 4.78 is 5.61. The van der Waals surface area contributed by atoms with Crippen molar-refractivity contribution in [1.29, 1.82) is 0 Å². The van der Waals surface area contributed by atoms with E-state index in [1.54, 1.807) is 0 Å². The third-order valence-corrected chi connectivity index (χ3v) is 3.85. The van der Waals surface area contributed by atoms with Gasteiger partial charge in [-0.3, -0.25) is 0 Å². The van der Waals surface area contributed by atoms with E-state index in [-0.39, 0.29) is 6.04 Å². The predicted molar refractivity (Wildman–Crippen MR) is 80.6 cm³/mol. The van der Waals surface area contributed by atoms with Gasteiger partial charge in [-0.05, 0) is 31.9 Å². The summed E-state index contributed by atoms with van der Waals surface area (Å²) in [6.07, 6.45) is 2.78. The van der Waals surface area contributed by atoms with Gasteiger partial charge in [-0.25, -0.2) is 0 Å². The van der Waals surface area contributed by atoms with Gasteiger partial charge in [-0.2, -0.15) is 0 Å². The van der Waals surface area contributed by atoms with Gasteiger partial charge in [0, 0.05) is 25.7 Å². The Balaban J connectivity index is 1.73. The lowest BCUT2D eigenvalue weighted by Crippen LogP contribution is -2.45. The molecule has 0 saturated carbocycles. The van der Waals surface area contributed by atoms with E-state index in [0.717, 1.165) is 26.0 Å². The molecule has 0 aliphatic carbocycles. The highest BCUT2D eigenvalue weighted by Gasteiger charge is 2.21. The second-order valence-electron chi connectivity index (χ2n) is 5.78. The number of nitrogens with zero attached hydrogens (tertiary/aromatic N) is 1. The SMILES string of the molecule is CN(CC1CCCO1)CC(O)C(N)Cc1ccccc1. The largest absolute Gasteiger partial charge is 0.390 e. The monoisotopic (exact) mass is 278 g/mol. The minimum absolute atomic E-state index is 0.232. The maximum atomic E-state index is 10.2. The van der Waals surface area contributed by atoms with Crippen molar-refractivity contribution in [3.05, 3.63) is 35.9 Å². The van der Waals surface area contributed by atoms with E-state index in [2.05, 4.69) is 4.90 Å². The van der Waals surface area contributed by atoms with Crippen LogP contribution in [0, 0.1) is 0 Å². The molecular weight excluding hydrogens is 252 g/mol. The van der Waals surface area contributed by atoms with Crippen LogP contribution in [0.25, 0.3) is 0 Å². The minimum atomic E-state index is -0.512. The van der Waals surface area contributed by atoms with Gasteiger partial charge < -0.3 is 20.5 Å². The number of rotatable bonds is 7. The van der Waals surface area contributed by atoms with Crippen LogP contribution in [0.5, 0.6) is 0 Å². The van der Waals surface area contributed by atoms with Crippen molar-refractivity contribution in [3.63, 3.8) is 0 Å². The van der Waals surface area contributed by atoms with E-state index in [1.165, 1.54) is 5.56 Å². The van der Waals surface area contributed by atoms with Gasteiger partial charge in [0.25, 0.3) is 0 Å². The number of aliphatic hydroxyl groups is 1. The molecule has 1 aliphatic rings. The molecule has 0 spiro atoms. The van der Waals surface area contributed by atoms with Crippen LogP contribution in [0.4, 0.5) is 0 Å². The van der Waals surface area contributed by atoms with Crippen molar-refractivity contribution in [2.24, 2.45) is 5.73 Å². The normalized spacial score (nSPS) is 22.1. The van der Waals surface area contributed by atoms with Crippen molar-refractivity contribution in [2.45, 2.75) is 37.5 Å². The van der Waals surface area contributed by atoms with Crippen molar-refractivity contribution in [1.82, 2.24) is 4.90 Å². The quantitative estimate of drug-likeness (QED) is 0.782. The van der Waals surface area contributed by atoms with E-state index < -0.39 is 6.10 Å². The number of hydrogen-bond acceptors (Lipinski definition) is 4. The Hall–Kier alpha value is -0.940. The van der Waals surface area contributed by atoms with E-state index >= 15 is 0 Å². The first-order valence-corrected chi connectivity index (χ1v) is 7.43. The highest BCUT2D eigenvalue weighted by molar-refractivity contribution is 5.16. The van der Waals surface area contributed by atoms with Crippen LogP contribution in [0.1, 0.15) is 18.4 Å². The summed E-state index contributed by atoms with van der Waals surface area (Å²) in [6, 6.07) is 9.84. The molecule has 4 nitrogen and oxygen atoms in total. The van der Waals surface area contributed by atoms with Crippen LogP contribution in [0.15, 0.2) is 30.3 Å². The van der Waals surface area contributed by atoms with Gasteiger partial charge >= 0.3 is 0 Å². The van der Waals surface area contributed by atoms with Gasteiger partial charge in [0.1, 0.15) is 0 Å². The van der Waals surface area contributed by atoms with E-state index in [0.29, 0.717) is 19.1 Å². The topological polar surface area (TPSA) is 58.7 Å². The lowest BCUT2D eigenvalue weighted by Gasteiger charge is -2.26. The number of hydrogen-bond donors (Lipinski definition) is 2. The van der Waals surface area contributed by atoms with E-state index in [9.17, 15) is 5.11 Å². The molecule has 0 radical (unpaired) electrons. The third-order valence-electron chi connectivity index (χ3n) is 3.85. The fraction of sp³-hybridized carbons (Fsp3) is 0.625. The first-order chi connectivity index (χ1) is 9.65. The third kappa shape index (κ3) is 4.87. The molecule has 4 heteroatoms. The van der Waals surface area contributed by atoms with Crippen molar-refractivity contribution >= 4 is 0 Å². The average molecular weight is 278 g/mol. The van der Waals surface area contributed by atoms with Crippen LogP contribution in [0.3, 0.4) is 0 Å². The van der Waals surface area contributed by atoms with Crippen molar-refractivity contribution in [3.8, 4) is 0 Å². The standard InChI is InChI=1S/C16H26N2O2/c1-18(11-14-8-5-9-20-14)12-16(19)15(17)10-13-6-3-2-4-7-13/h2-4,6-7,14-16,19H,5,8-12,17H2,1H3. The second-order valence-corrected chi connectivity index (χ2v) is 5.78. The van der Waals surface area contributed by atoms with E-state index in [1.807, 2.05) is 37.4 Å².